The van der Waals surface area contributed by atoms with Crippen molar-refractivity contribution in [1.82, 2.24) is 19.7 Å². The lowest BCUT2D eigenvalue weighted by molar-refractivity contribution is -0.115. The molecule has 0 spiro atoms. The van der Waals surface area contributed by atoms with Gasteiger partial charge in [0, 0.05) is 17.6 Å². The molecule has 170 valence electrons. The van der Waals surface area contributed by atoms with Gasteiger partial charge in [-0.05, 0) is 36.8 Å². The van der Waals surface area contributed by atoms with Crippen LogP contribution in [-0.2, 0) is 21.4 Å². The molecule has 4 aromatic rings. The van der Waals surface area contributed by atoms with E-state index in [-0.39, 0.29) is 10.8 Å². The molecule has 9 nitrogen and oxygen atoms in total. The molecular weight excluding hydrogens is 460 g/mol. The minimum Gasteiger partial charge on any atom is -0.325 e. The number of hydrogen-bond donors (Lipinski definition) is 2. The maximum atomic E-state index is 12.8. The van der Waals surface area contributed by atoms with Crippen LogP contribution >= 0.6 is 11.8 Å². The van der Waals surface area contributed by atoms with Crippen LogP contribution in [0.2, 0.25) is 0 Å². The number of para-hydroxylation sites is 1. The number of nitrogens with two attached hydrogens (primary N) is 1. The Balaban J connectivity index is 1.58. The molecule has 0 aliphatic heterocycles. The zero-order chi connectivity index (χ0) is 23.6. The Labute approximate surface area is 195 Å². The molecule has 33 heavy (non-hydrogen) atoms. The minimum absolute atomic E-state index is 0.0235. The van der Waals surface area contributed by atoms with Crippen LogP contribution in [-0.4, -0.2) is 39.3 Å². The Morgan fingerprint density at radius 3 is 2.61 bits per heavy atom. The van der Waals surface area contributed by atoms with Crippen molar-refractivity contribution in [3.05, 3.63) is 61.2 Å². The zero-order valence-corrected chi connectivity index (χ0v) is 19.4. The van der Waals surface area contributed by atoms with E-state index < -0.39 is 15.3 Å². The average Bonchev–Trinajstić information content (AvgIpc) is 3.10. The van der Waals surface area contributed by atoms with Gasteiger partial charge in [0.05, 0.1) is 15.7 Å². The number of carbonyl (C=O) groups is 1. The average molecular weight is 483 g/mol. The van der Waals surface area contributed by atoms with Crippen LogP contribution in [0.1, 0.15) is 13.3 Å². The van der Waals surface area contributed by atoms with Gasteiger partial charge in [-0.3, -0.25) is 4.79 Å². The van der Waals surface area contributed by atoms with Crippen LogP contribution in [0, 0.1) is 0 Å². The van der Waals surface area contributed by atoms with Crippen molar-refractivity contribution in [2.75, 3.05) is 5.32 Å². The van der Waals surface area contributed by atoms with Crippen molar-refractivity contribution in [3.8, 4) is 0 Å². The number of allylic oxidation sites excluding steroid dienone is 1. The summed E-state index contributed by atoms with van der Waals surface area (Å²) < 4.78 is 24.8. The highest BCUT2D eigenvalue weighted by Gasteiger charge is 2.22. The second kappa shape index (κ2) is 9.30. The zero-order valence-electron chi connectivity index (χ0n) is 17.8. The predicted molar refractivity (Wildman–Crippen MR) is 129 cm³/mol. The number of nitrogens with one attached hydrogen (secondary N) is 1. The lowest BCUT2D eigenvalue weighted by atomic mass is 10.2. The standard InChI is InChI=1S/C22H22N6O3S2/c1-3-13-28-17-8-6-5-7-16(17)19-20(28)25-22(27-26-19)32-18(4-2)21(29)24-14-9-11-15(12-10-14)33(23,30)31/h3,5-12,18H,1,4,13H2,2H3,(H,24,29)(H2,23,30,31). The van der Waals surface area contributed by atoms with Gasteiger partial charge in [0.25, 0.3) is 0 Å². The lowest BCUT2D eigenvalue weighted by Gasteiger charge is -2.14. The molecule has 1 atom stereocenters. The number of carbonyl (C=O) groups excluding carboxylic acids is 1. The van der Waals surface area contributed by atoms with E-state index in [0.29, 0.717) is 35.0 Å². The van der Waals surface area contributed by atoms with E-state index in [1.165, 1.54) is 36.0 Å². The molecule has 1 unspecified atom stereocenters. The molecule has 0 bridgehead atoms. The van der Waals surface area contributed by atoms with E-state index in [1.54, 1.807) is 6.08 Å². The number of primary sulfonamides is 1. The summed E-state index contributed by atoms with van der Waals surface area (Å²) in [5.41, 5.74) is 2.84. The SMILES string of the molecule is C=CCn1c2ccccc2c2nnc(SC(CC)C(=O)Nc3ccc(S(N)(=O)=O)cc3)nc21. The lowest BCUT2D eigenvalue weighted by Crippen LogP contribution is -2.25. The summed E-state index contributed by atoms with van der Waals surface area (Å²) in [6, 6.07) is 13.5. The quantitative estimate of drug-likeness (QED) is 0.291. The van der Waals surface area contributed by atoms with Crippen molar-refractivity contribution in [2.45, 2.75) is 35.2 Å². The van der Waals surface area contributed by atoms with Crippen LogP contribution in [0.15, 0.2) is 71.2 Å². The fourth-order valence-electron chi connectivity index (χ4n) is 3.45. The first-order valence-corrected chi connectivity index (χ1v) is 12.6. The van der Waals surface area contributed by atoms with Gasteiger partial charge in [-0.15, -0.1) is 16.8 Å². The largest absolute Gasteiger partial charge is 0.325 e. The van der Waals surface area contributed by atoms with Crippen LogP contribution in [0.5, 0.6) is 0 Å². The highest BCUT2D eigenvalue weighted by molar-refractivity contribution is 8.00. The number of hydrogen-bond acceptors (Lipinski definition) is 7. The molecule has 11 heteroatoms. The predicted octanol–water partition coefficient (Wildman–Crippen LogP) is 3.32. The fraction of sp³-hybridized carbons (Fsp3) is 0.182. The van der Waals surface area contributed by atoms with E-state index >= 15 is 0 Å². The first-order chi connectivity index (χ1) is 15.8. The molecule has 0 radical (unpaired) electrons. The molecule has 2 aromatic carbocycles. The van der Waals surface area contributed by atoms with Gasteiger partial charge < -0.3 is 9.88 Å². The van der Waals surface area contributed by atoms with E-state index in [9.17, 15) is 13.2 Å². The second-order valence-electron chi connectivity index (χ2n) is 7.26. The van der Waals surface area contributed by atoms with Crippen LogP contribution < -0.4 is 10.5 Å². The Morgan fingerprint density at radius 2 is 1.94 bits per heavy atom. The summed E-state index contributed by atoms with van der Waals surface area (Å²) in [5, 5.41) is 17.4. The number of sulfonamides is 1. The molecule has 0 saturated carbocycles. The smallest absolute Gasteiger partial charge is 0.238 e. The first-order valence-electron chi connectivity index (χ1n) is 10.1. The van der Waals surface area contributed by atoms with Crippen molar-refractivity contribution in [1.29, 1.82) is 0 Å². The third-order valence-corrected chi connectivity index (χ3v) is 7.17. The summed E-state index contributed by atoms with van der Waals surface area (Å²) in [5.74, 6) is -0.249. The summed E-state index contributed by atoms with van der Waals surface area (Å²) in [6.45, 7) is 6.29. The maximum Gasteiger partial charge on any atom is 0.238 e. The molecule has 0 aliphatic carbocycles. The topological polar surface area (TPSA) is 133 Å². The van der Waals surface area contributed by atoms with Gasteiger partial charge in [0.2, 0.25) is 21.1 Å². The van der Waals surface area contributed by atoms with Crippen molar-refractivity contribution in [3.63, 3.8) is 0 Å². The molecule has 0 fully saturated rings. The number of thioether (sulfide) groups is 1. The third-order valence-electron chi connectivity index (χ3n) is 5.03. The molecule has 2 aromatic heterocycles. The number of benzene rings is 2. The molecule has 0 saturated heterocycles. The van der Waals surface area contributed by atoms with E-state index in [1.807, 2.05) is 35.8 Å². The van der Waals surface area contributed by atoms with E-state index in [2.05, 4.69) is 22.1 Å². The minimum atomic E-state index is -3.79. The van der Waals surface area contributed by atoms with Gasteiger partial charge in [0.15, 0.2) is 5.65 Å². The molecule has 2 heterocycles. The summed E-state index contributed by atoms with van der Waals surface area (Å²) in [4.78, 5) is 17.5. The van der Waals surface area contributed by atoms with Crippen molar-refractivity contribution in [2.24, 2.45) is 5.14 Å². The van der Waals surface area contributed by atoms with Crippen LogP contribution in [0.3, 0.4) is 0 Å². The summed E-state index contributed by atoms with van der Waals surface area (Å²) in [6.07, 6.45) is 2.33. The van der Waals surface area contributed by atoms with Crippen molar-refractivity contribution < 1.29 is 13.2 Å². The molecule has 3 N–H and O–H groups in total. The number of nitrogens with zero attached hydrogens (tertiary/aromatic N) is 4. The Kier molecular flexibility index (Phi) is 6.45. The Morgan fingerprint density at radius 1 is 1.21 bits per heavy atom. The Bertz CT molecular complexity index is 1450. The van der Waals surface area contributed by atoms with Gasteiger partial charge in [0.1, 0.15) is 5.52 Å². The number of aromatic nitrogens is 4. The Hall–Kier alpha value is -3.28. The normalized spacial score (nSPS) is 12.7. The number of amides is 1. The van der Waals surface area contributed by atoms with Crippen LogP contribution in [0.4, 0.5) is 5.69 Å². The number of rotatable bonds is 8. The second-order valence-corrected chi connectivity index (χ2v) is 9.99. The van der Waals surface area contributed by atoms with Gasteiger partial charge in [-0.1, -0.05) is 43.0 Å². The van der Waals surface area contributed by atoms with Gasteiger partial charge >= 0.3 is 0 Å². The molecule has 1 amide bonds. The van der Waals surface area contributed by atoms with Gasteiger partial charge in [-0.25, -0.2) is 18.5 Å². The maximum absolute atomic E-state index is 12.8. The molecule has 0 aliphatic rings. The number of fused-ring (bicyclic) bond motifs is 3. The summed E-state index contributed by atoms with van der Waals surface area (Å²) in [7, 11) is -3.79. The van der Waals surface area contributed by atoms with Gasteiger partial charge in [-0.2, -0.15) is 0 Å². The summed E-state index contributed by atoms with van der Waals surface area (Å²) >= 11 is 1.22. The highest BCUT2D eigenvalue weighted by Crippen LogP contribution is 2.29. The van der Waals surface area contributed by atoms with E-state index in [4.69, 9.17) is 10.1 Å². The third kappa shape index (κ3) is 4.75. The molecular formula is C22H22N6O3S2. The van der Waals surface area contributed by atoms with Crippen molar-refractivity contribution >= 4 is 55.4 Å². The number of anilines is 1. The fourth-order valence-corrected chi connectivity index (χ4v) is 4.78. The highest BCUT2D eigenvalue weighted by atomic mass is 32.2. The van der Waals surface area contributed by atoms with Crippen LogP contribution in [0.25, 0.3) is 22.1 Å². The monoisotopic (exact) mass is 482 g/mol. The first kappa shape index (κ1) is 22.9. The van der Waals surface area contributed by atoms with E-state index in [0.717, 1.165) is 10.9 Å². The molecule has 4 rings (SSSR count).